The topological polar surface area (TPSA) is 66.4 Å². The molecule has 0 radical (unpaired) electrons. The number of hydrogen-bond donors (Lipinski definition) is 2. The van der Waals surface area contributed by atoms with Gasteiger partial charge in [0.25, 0.3) is 0 Å². The van der Waals surface area contributed by atoms with Crippen LogP contribution in [0, 0.1) is 0 Å². The zero-order chi connectivity index (χ0) is 15.3. The predicted molar refractivity (Wildman–Crippen MR) is 65.1 cm³/mol. The summed E-state index contributed by atoms with van der Waals surface area (Å²) in [5.41, 5.74) is -0.0295. The smallest absolute Gasteiger partial charge is 0.396 e. The van der Waals surface area contributed by atoms with Crippen LogP contribution in [-0.2, 0) is 9.59 Å². The maximum Gasteiger partial charge on any atom is 0.396 e. The van der Waals surface area contributed by atoms with Crippen molar-refractivity contribution in [3.8, 4) is 0 Å². The maximum atomic E-state index is 13.0. The lowest BCUT2D eigenvalue weighted by atomic mass is 9.94. The molecule has 0 aliphatic rings. The lowest BCUT2D eigenvalue weighted by Gasteiger charge is -2.21. The Labute approximate surface area is 113 Å². The number of nitrogens with one attached hydrogen (secondary N) is 1. The molecular weight excluding hydrogens is 275 g/mol. The molecule has 0 spiro atoms. The van der Waals surface area contributed by atoms with Gasteiger partial charge < -0.3 is 10.4 Å². The number of carbonyl (C=O) groups is 2. The van der Waals surface area contributed by atoms with Gasteiger partial charge in [-0.15, -0.1) is 0 Å². The molecule has 1 aromatic carbocycles. The third kappa shape index (κ3) is 4.56. The molecule has 1 aromatic rings. The molecule has 0 saturated carbocycles. The Hall–Kier alpha value is -2.05. The van der Waals surface area contributed by atoms with Crippen molar-refractivity contribution in [3.05, 3.63) is 35.9 Å². The molecule has 0 bridgehead atoms. The Morgan fingerprint density at radius 1 is 1.25 bits per heavy atom. The van der Waals surface area contributed by atoms with Gasteiger partial charge >= 0.3 is 12.1 Å². The summed E-state index contributed by atoms with van der Waals surface area (Å²) in [7, 11) is 0. The minimum Gasteiger partial charge on any atom is -0.480 e. The molecule has 4 nitrogen and oxygen atoms in total. The number of halogens is 3. The average molecular weight is 289 g/mol. The highest BCUT2D eigenvalue weighted by Gasteiger charge is 2.42. The highest BCUT2D eigenvalue weighted by molar-refractivity contribution is 5.83. The van der Waals surface area contributed by atoms with E-state index in [0.29, 0.717) is 0 Å². The van der Waals surface area contributed by atoms with Crippen LogP contribution < -0.4 is 5.32 Å². The van der Waals surface area contributed by atoms with E-state index in [2.05, 4.69) is 0 Å². The molecule has 1 amide bonds. The molecule has 0 saturated heterocycles. The van der Waals surface area contributed by atoms with E-state index >= 15 is 0 Å². The Balaban J connectivity index is 2.82. The predicted octanol–water partition coefficient (Wildman–Crippen LogP) is 2.31. The molecule has 0 aliphatic heterocycles. The zero-order valence-corrected chi connectivity index (χ0v) is 10.6. The number of carbonyl (C=O) groups excluding carboxylic acids is 1. The number of amides is 1. The van der Waals surface area contributed by atoms with Crippen LogP contribution in [0.2, 0.25) is 0 Å². The molecular formula is C13H14F3NO3. The second kappa shape index (κ2) is 6.40. The van der Waals surface area contributed by atoms with Gasteiger partial charge in [-0.25, -0.2) is 0 Å². The van der Waals surface area contributed by atoms with Gasteiger partial charge in [0.2, 0.25) is 5.91 Å². The summed E-state index contributed by atoms with van der Waals surface area (Å²) in [4.78, 5) is 22.1. The summed E-state index contributed by atoms with van der Waals surface area (Å²) >= 11 is 0. The van der Waals surface area contributed by atoms with E-state index in [1.165, 1.54) is 31.2 Å². The van der Waals surface area contributed by atoms with Gasteiger partial charge in [0.15, 0.2) is 0 Å². The normalized spacial score (nSPS) is 14.4. The fraction of sp³-hybridized carbons (Fsp3) is 0.385. The number of alkyl halides is 3. The Bertz CT molecular complexity index is 473. The molecule has 20 heavy (non-hydrogen) atoms. The van der Waals surface area contributed by atoms with Crippen molar-refractivity contribution in [2.24, 2.45) is 0 Å². The number of carboxylic acids is 1. The number of aliphatic carboxylic acids is 1. The number of rotatable bonds is 5. The number of hydrogen-bond acceptors (Lipinski definition) is 2. The number of benzene rings is 1. The Kier molecular flexibility index (Phi) is 5.12. The van der Waals surface area contributed by atoms with Crippen LogP contribution in [0.1, 0.15) is 24.8 Å². The third-order valence-electron chi connectivity index (χ3n) is 2.73. The van der Waals surface area contributed by atoms with Crippen LogP contribution in [0.5, 0.6) is 0 Å². The summed E-state index contributed by atoms with van der Waals surface area (Å²) in [5, 5.41) is 10.6. The van der Waals surface area contributed by atoms with Crippen molar-refractivity contribution in [2.45, 2.75) is 31.5 Å². The summed E-state index contributed by atoms with van der Waals surface area (Å²) in [6, 6.07) is 5.81. The Morgan fingerprint density at radius 2 is 1.80 bits per heavy atom. The van der Waals surface area contributed by atoms with Crippen molar-refractivity contribution >= 4 is 11.9 Å². The van der Waals surface area contributed by atoms with Gasteiger partial charge in [0.05, 0.1) is 5.92 Å². The van der Waals surface area contributed by atoms with Crippen molar-refractivity contribution in [1.82, 2.24) is 5.32 Å². The van der Waals surface area contributed by atoms with Gasteiger partial charge in [-0.1, -0.05) is 30.3 Å². The van der Waals surface area contributed by atoms with Crippen LogP contribution >= 0.6 is 0 Å². The second-order valence-electron chi connectivity index (χ2n) is 4.34. The first-order valence-electron chi connectivity index (χ1n) is 5.85. The first kappa shape index (κ1) is 16.0. The standard InChI is InChI=1S/C13H14F3NO3/c1-8(12(19)20)17-11(18)7-10(13(14,15)16)9-5-3-2-4-6-9/h2-6,8,10H,7H2,1H3,(H,17,18)(H,19,20)/t8-,10?/m1/s1. The SMILES string of the molecule is C[C@@H](NC(=O)CC(c1ccccc1)C(F)(F)F)C(=O)O. The van der Waals surface area contributed by atoms with E-state index in [0.717, 1.165) is 0 Å². The van der Waals surface area contributed by atoms with Crippen LogP contribution in [0.3, 0.4) is 0 Å². The summed E-state index contributed by atoms with van der Waals surface area (Å²) in [5.74, 6) is -4.21. The van der Waals surface area contributed by atoms with Gasteiger partial charge in [0.1, 0.15) is 6.04 Å². The third-order valence-corrected chi connectivity index (χ3v) is 2.73. The molecule has 2 N–H and O–H groups in total. The molecule has 110 valence electrons. The average Bonchev–Trinajstić information content (AvgIpc) is 2.35. The largest absolute Gasteiger partial charge is 0.480 e. The van der Waals surface area contributed by atoms with E-state index in [-0.39, 0.29) is 5.56 Å². The molecule has 0 aliphatic carbocycles. The molecule has 1 unspecified atom stereocenters. The maximum absolute atomic E-state index is 13.0. The van der Waals surface area contributed by atoms with Crippen molar-refractivity contribution in [3.63, 3.8) is 0 Å². The van der Waals surface area contributed by atoms with Crippen LogP contribution in [-0.4, -0.2) is 29.2 Å². The van der Waals surface area contributed by atoms with Crippen molar-refractivity contribution in [1.29, 1.82) is 0 Å². The first-order valence-corrected chi connectivity index (χ1v) is 5.85. The molecule has 2 atom stereocenters. The van der Waals surface area contributed by atoms with E-state index < -0.39 is 36.4 Å². The van der Waals surface area contributed by atoms with Crippen molar-refractivity contribution < 1.29 is 27.9 Å². The minimum atomic E-state index is -4.58. The summed E-state index contributed by atoms with van der Waals surface area (Å²) in [6.45, 7) is 1.19. The fourth-order valence-electron chi connectivity index (χ4n) is 1.66. The fourth-order valence-corrected chi connectivity index (χ4v) is 1.66. The lowest BCUT2D eigenvalue weighted by Crippen LogP contribution is -2.40. The van der Waals surface area contributed by atoms with Crippen LogP contribution in [0.15, 0.2) is 30.3 Å². The number of carboxylic acid groups (broad SMARTS) is 1. The van der Waals surface area contributed by atoms with Gasteiger partial charge in [-0.3, -0.25) is 9.59 Å². The lowest BCUT2D eigenvalue weighted by molar-refractivity contribution is -0.157. The first-order chi connectivity index (χ1) is 9.21. The molecule has 7 heteroatoms. The molecule has 1 rings (SSSR count). The zero-order valence-electron chi connectivity index (χ0n) is 10.6. The molecule has 0 fully saturated rings. The van der Waals surface area contributed by atoms with Crippen LogP contribution in [0.4, 0.5) is 13.2 Å². The van der Waals surface area contributed by atoms with Crippen LogP contribution in [0.25, 0.3) is 0 Å². The van der Waals surface area contributed by atoms with Crippen molar-refractivity contribution in [2.75, 3.05) is 0 Å². The molecule has 0 heterocycles. The van der Waals surface area contributed by atoms with Gasteiger partial charge in [-0.05, 0) is 12.5 Å². The van der Waals surface area contributed by atoms with E-state index in [4.69, 9.17) is 5.11 Å². The Morgan fingerprint density at radius 3 is 2.25 bits per heavy atom. The van der Waals surface area contributed by atoms with Gasteiger partial charge in [-0.2, -0.15) is 13.2 Å². The van der Waals surface area contributed by atoms with E-state index in [1.807, 2.05) is 5.32 Å². The minimum absolute atomic E-state index is 0.0295. The van der Waals surface area contributed by atoms with E-state index in [9.17, 15) is 22.8 Å². The van der Waals surface area contributed by atoms with E-state index in [1.54, 1.807) is 6.07 Å². The highest BCUT2D eigenvalue weighted by Crippen LogP contribution is 2.37. The second-order valence-corrected chi connectivity index (χ2v) is 4.34. The highest BCUT2D eigenvalue weighted by atomic mass is 19.4. The monoisotopic (exact) mass is 289 g/mol. The van der Waals surface area contributed by atoms with Gasteiger partial charge in [0, 0.05) is 6.42 Å². The summed E-state index contributed by atoms with van der Waals surface area (Å²) < 4.78 is 38.9. The quantitative estimate of drug-likeness (QED) is 0.874. The molecule has 0 aromatic heterocycles. The summed E-state index contributed by atoms with van der Waals surface area (Å²) in [6.07, 6.45) is -5.42.